The van der Waals surface area contributed by atoms with Crippen molar-refractivity contribution < 1.29 is 9.47 Å². The van der Waals surface area contributed by atoms with Crippen molar-refractivity contribution >= 4 is 29.9 Å². The molecule has 1 aliphatic rings. The molecule has 1 aliphatic heterocycles. The minimum atomic E-state index is -0.0381. The Kier molecular flexibility index (Phi) is 11.5. The van der Waals surface area contributed by atoms with Gasteiger partial charge in [-0.3, -0.25) is 0 Å². The monoisotopic (exact) mass is 490 g/mol. The normalized spacial score (nSPS) is 18.5. The molecule has 1 fully saturated rings. The molecule has 27 heavy (non-hydrogen) atoms. The molecule has 1 saturated heterocycles. The highest BCUT2D eigenvalue weighted by Gasteiger charge is 2.21. The maximum Gasteiger partial charge on any atom is 0.191 e. The summed E-state index contributed by atoms with van der Waals surface area (Å²) in [5.74, 6) is 3.05. The first kappa shape index (κ1) is 23.8. The lowest BCUT2D eigenvalue weighted by Crippen LogP contribution is -2.41. The maximum atomic E-state index is 5.98. The average Bonchev–Trinajstić information content (AvgIpc) is 3.12. The van der Waals surface area contributed by atoms with E-state index < -0.39 is 0 Å². The number of halogens is 1. The number of benzene rings is 1. The van der Waals surface area contributed by atoms with Crippen LogP contribution in [0.5, 0.6) is 11.5 Å². The van der Waals surface area contributed by atoms with Crippen molar-refractivity contribution in [3.05, 3.63) is 24.3 Å². The van der Waals surface area contributed by atoms with E-state index in [1.807, 2.05) is 31.2 Å². The lowest BCUT2D eigenvalue weighted by atomic mass is 10.1. The Morgan fingerprint density at radius 2 is 2.00 bits per heavy atom. The Morgan fingerprint density at radius 3 is 2.63 bits per heavy atom. The van der Waals surface area contributed by atoms with Gasteiger partial charge in [0.15, 0.2) is 17.5 Å². The van der Waals surface area contributed by atoms with Crippen LogP contribution in [0.25, 0.3) is 0 Å². The van der Waals surface area contributed by atoms with Gasteiger partial charge in [-0.15, -0.1) is 24.0 Å². The summed E-state index contributed by atoms with van der Waals surface area (Å²) in [4.78, 5) is 7.18. The van der Waals surface area contributed by atoms with Crippen molar-refractivity contribution in [2.24, 2.45) is 10.9 Å². The molecule has 0 amide bonds. The Balaban J connectivity index is 0.00000364. The van der Waals surface area contributed by atoms with E-state index in [1.165, 1.54) is 19.5 Å². The molecule has 2 N–H and O–H groups in total. The van der Waals surface area contributed by atoms with Crippen LogP contribution in [0.15, 0.2) is 29.3 Å². The van der Waals surface area contributed by atoms with Gasteiger partial charge in [0, 0.05) is 19.6 Å². The quantitative estimate of drug-likeness (QED) is 0.317. The molecule has 6 nitrogen and oxygen atoms in total. The standard InChI is InChI=1S/C20H34N4O2.HI/c1-5-21-20(23-14-17-11-12-24(6-2)15-17)22-13-16(3)26-19-10-8-7-9-18(19)25-4;/h7-10,16-17H,5-6,11-15H2,1-4H3,(H2,21,22,23);1H. The highest BCUT2D eigenvalue weighted by Crippen LogP contribution is 2.26. The number of guanidine groups is 1. The van der Waals surface area contributed by atoms with E-state index in [4.69, 9.17) is 9.47 Å². The number of hydrogen-bond donors (Lipinski definition) is 2. The summed E-state index contributed by atoms with van der Waals surface area (Å²) in [6.07, 6.45) is 1.22. The summed E-state index contributed by atoms with van der Waals surface area (Å²) < 4.78 is 11.3. The van der Waals surface area contributed by atoms with Crippen LogP contribution < -0.4 is 20.1 Å². The summed E-state index contributed by atoms with van der Waals surface area (Å²) in [5, 5.41) is 6.80. The minimum absolute atomic E-state index is 0. The van der Waals surface area contributed by atoms with E-state index in [0.29, 0.717) is 12.5 Å². The third kappa shape index (κ3) is 8.13. The topological polar surface area (TPSA) is 58.1 Å². The highest BCUT2D eigenvalue weighted by molar-refractivity contribution is 14.0. The molecule has 1 heterocycles. The zero-order valence-corrected chi connectivity index (χ0v) is 19.4. The van der Waals surface area contributed by atoms with Gasteiger partial charge in [-0.2, -0.15) is 0 Å². The second-order valence-electron chi connectivity index (χ2n) is 6.73. The number of rotatable bonds is 9. The first-order chi connectivity index (χ1) is 12.7. The fraction of sp³-hybridized carbons (Fsp3) is 0.650. The third-order valence-electron chi connectivity index (χ3n) is 4.62. The molecule has 0 saturated carbocycles. The summed E-state index contributed by atoms with van der Waals surface area (Å²) in [7, 11) is 1.65. The number of nitrogens with zero attached hydrogens (tertiary/aromatic N) is 2. The highest BCUT2D eigenvalue weighted by atomic mass is 127. The van der Waals surface area contributed by atoms with Crippen LogP contribution >= 0.6 is 24.0 Å². The molecule has 0 bridgehead atoms. The number of ether oxygens (including phenoxy) is 2. The number of methoxy groups -OCH3 is 1. The van der Waals surface area contributed by atoms with Gasteiger partial charge in [-0.05, 0) is 51.4 Å². The van der Waals surface area contributed by atoms with Gasteiger partial charge in [-0.1, -0.05) is 19.1 Å². The second kappa shape index (κ2) is 13.0. The number of likely N-dealkylation sites (tertiary alicyclic amines) is 1. The Labute approximate surface area is 181 Å². The van der Waals surface area contributed by atoms with Crippen LogP contribution in [0.3, 0.4) is 0 Å². The van der Waals surface area contributed by atoms with E-state index >= 15 is 0 Å². The van der Waals surface area contributed by atoms with E-state index in [0.717, 1.165) is 37.1 Å². The molecule has 0 spiro atoms. The second-order valence-corrected chi connectivity index (χ2v) is 6.73. The molecule has 2 rings (SSSR count). The molecular weight excluding hydrogens is 455 g/mol. The molecule has 1 aromatic rings. The summed E-state index contributed by atoms with van der Waals surface area (Å²) in [5.41, 5.74) is 0. The van der Waals surface area contributed by atoms with Gasteiger partial charge >= 0.3 is 0 Å². The third-order valence-corrected chi connectivity index (χ3v) is 4.62. The van der Waals surface area contributed by atoms with Gasteiger partial charge in [0.25, 0.3) is 0 Å². The smallest absolute Gasteiger partial charge is 0.191 e. The zero-order valence-electron chi connectivity index (χ0n) is 17.0. The lowest BCUT2D eigenvalue weighted by Gasteiger charge is -2.18. The largest absolute Gasteiger partial charge is 0.493 e. The number of nitrogens with one attached hydrogen (secondary N) is 2. The van der Waals surface area contributed by atoms with Gasteiger partial charge in [0.1, 0.15) is 6.10 Å². The van der Waals surface area contributed by atoms with Crippen LogP contribution in [0.4, 0.5) is 0 Å². The lowest BCUT2D eigenvalue weighted by molar-refractivity contribution is 0.219. The van der Waals surface area contributed by atoms with Crippen molar-refractivity contribution in [3.8, 4) is 11.5 Å². The number of hydrogen-bond acceptors (Lipinski definition) is 4. The van der Waals surface area contributed by atoms with Crippen molar-refractivity contribution in [2.75, 3.05) is 46.4 Å². The molecular formula is C20H35IN4O2. The molecule has 2 unspecified atom stereocenters. The molecule has 2 atom stereocenters. The molecule has 154 valence electrons. The van der Waals surface area contributed by atoms with Crippen LogP contribution in [-0.4, -0.2) is 63.3 Å². The predicted octanol–water partition coefficient (Wildman–Crippen LogP) is 2.98. The van der Waals surface area contributed by atoms with Crippen molar-refractivity contribution in [2.45, 2.75) is 33.3 Å². The molecule has 1 aromatic carbocycles. The Morgan fingerprint density at radius 1 is 1.26 bits per heavy atom. The summed E-state index contributed by atoms with van der Waals surface area (Å²) in [6, 6.07) is 7.70. The van der Waals surface area contributed by atoms with Crippen molar-refractivity contribution in [1.82, 2.24) is 15.5 Å². The van der Waals surface area contributed by atoms with Crippen LogP contribution in [0.2, 0.25) is 0 Å². The van der Waals surface area contributed by atoms with E-state index in [9.17, 15) is 0 Å². The molecule has 0 radical (unpaired) electrons. The Hall–Kier alpha value is -1.22. The summed E-state index contributed by atoms with van der Waals surface area (Å²) in [6.45, 7) is 12.3. The predicted molar refractivity (Wildman–Crippen MR) is 123 cm³/mol. The molecule has 0 aliphatic carbocycles. The van der Waals surface area contributed by atoms with Crippen molar-refractivity contribution in [1.29, 1.82) is 0 Å². The van der Waals surface area contributed by atoms with E-state index in [1.54, 1.807) is 7.11 Å². The molecule has 7 heteroatoms. The minimum Gasteiger partial charge on any atom is -0.493 e. The van der Waals surface area contributed by atoms with Crippen LogP contribution in [-0.2, 0) is 0 Å². The van der Waals surface area contributed by atoms with E-state index in [-0.39, 0.29) is 30.1 Å². The number of para-hydroxylation sites is 2. The number of aliphatic imine (C=N–C) groups is 1. The zero-order chi connectivity index (χ0) is 18.8. The van der Waals surface area contributed by atoms with Gasteiger partial charge in [-0.25, -0.2) is 4.99 Å². The van der Waals surface area contributed by atoms with Crippen LogP contribution in [0.1, 0.15) is 27.2 Å². The van der Waals surface area contributed by atoms with Gasteiger partial charge in [0.2, 0.25) is 0 Å². The summed E-state index contributed by atoms with van der Waals surface area (Å²) >= 11 is 0. The first-order valence-electron chi connectivity index (χ1n) is 9.70. The SMILES string of the molecule is CCNC(=NCC(C)Oc1ccccc1OC)NCC1CCN(CC)C1.I. The first-order valence-corrected chi connectivity index (χ1v) is 9.70. The fourth-order valence-electron chi connectivity index (χ4n) is 3.14. The maximum absolute atomic E-state index is 5.98. The van der Waals surface area contributed by atoms with Crippen LogP contribution in [0, 0.1) is 5.92 Å². The van der Waals surface area contributed by atoms with Crippen molar-refractivity contribution in [3.63, 3.8) is 0 Å². The average molecular weight is 490 g/mol. The van der Waals surface area contributed by atoms with Gasteiger partial charge in [0.05, 0.1) is 13.7 Å². The Bertz CT molecular complexity index is 571. The van der Waals surface area contributed by atoms with E-state index in [2.05, 4.69) is 34.4 Å². The fourth-order valence-corrected chi connectivity index (χ4v) is 3.14. The van der Waals surface area contributed by atoms with Gasteiger partial charge < -0.3 is 25.0 Å². The molecule has 0 aromatic heterocycles.